The number of aromatic nitrogens is 3. The SMILES string of the molecule is O=C(c1cccnc1)N1CCC(NCCCn2ccnc2)CC1. The molecule has 0 aliphatic carbocycles. The van der Waals surface area contributed by atoms with Crippen molar-refractivity contribution in [3.63, 3.8) is 0 Å². The number of hydrogen-bond acceptors (Lipinski definition) is 4. The summed E-state index contributed by atoms with van der Waals surface area (Å²) in [5, 5.41) is 3.60. The van der Waals surface area contributed by atoms with Crippen LogP contribution in [0.1, 0.15) is 29.6 Å². The number of nitrogens with one attached hydrogen (secondary N) is 1. The molecule has 1 aliphatic rings. The Hall–Kier alpha value is -2.21. The average molecular weight is 313 g/mol. The van der Waals surface area contributed by atoms with Crippen LogP contribution >= 0.6 is 0 Å². The van der Waals surface area contributed by atoms with Crippen LogP contribution in [-0.2, 0) is 6.54 Å². The summed E-state index contributed by atoms with van der Waals surface area (Å²) >= 11 is 0. The largest absolute Gasteiger partial charge is 0.338 e. The van der Waals surface area contributed by atoms with Crippen LogP contribution in [0.4, 0.5) is 0 Å². The van der Waals surface area contributed by atoms with E-state index in [1.807, 2.05) is 35.8 Å². The van der Waals surface area contributed by atoms with Gasteiger partial charge in [0, 0.05) is 50.5 Å². The van der Waals surface area contributed by atoms with Gasteiger partial charge in [-0.1, -0.05) is 0 Å². The predicted molar refractivity (Wildman–Crippen MR) is 88.0 cm³/mol. The molecule has 1 amide bonds. The molecule has 6 nitrogen and oxygen atoms in total. The Labute approximate surface area is 136 Å². The Morgan fingerprint density at radius 3 is 2.83 bits per heavy atom. The third kappa shape index (κ3) is 4.39. The molecule has 1 saturated heterocycles. The second-order valence-electron chi connectivity index (χ2n) is 5.92. The van der Waals surface area contributed by atoms with Gasteiger partial charge in [0.15, 0.2) is 0 Å². The minimum Gasteiger partial charge on any atom is -0.338 e. The molecule has 0 unspecified atom stereocenters. The number of carbonyl (C=O) groups is 1. The maximum absolute atomic E-state index is 12.4. The standard InChI is InChI=1S/C17H23N5O/c23-17(15-3-1-6-18-13-15)22-10-4-16(5-11-22)20-7-2-9-21-12-8-19-14-21/h1,3,6,8,12-14,16,20H,2,4-5,7,9-11H2. The molecule has 0 aromatic carbocycles. The topological polar surface area (TPSA) is 63.1 Å². The van der Waals surface area contributed by atoms with Crippen molar-refractivity contribution in [3.05, 3.63) is 48.8 Å². The van der Waals surface area contributed by atoms with E-state index < -0.39 is 0 Å². The van der Waals surface area contributed by atoms with Gasteiger partial charge < -0.3 is 14.8 Å². The molecule has 1 fully saturated rings. The number of imidazole rings is 1. The van der Waals surface area contributed by atoms with Gasteiger partial charge in [-0.2, -0.15) is 0 Å². The molecular weight excluding hydrogens is 290 g/mol. The summed E-state index contributed by atoms with van der Waals surface area (Å²) in [6.07, 6.45) is 12.1. The van der Waals surface area contributed by atoms with Crippen molar-refractivity contribution in [1.29, 1.82) is 0 Å². The third-order valence-corrected chi connectivity index (χ3v) is 4.28. The van der Waals surface area contributed by atoms with Crippen LogP contribution < -0.4 is 5.32 Å². The molecule has 0 bridgehead atoms. The molecule has 23 heavy (non-hydrogen) atoms. The van der Waals surface area contributed by atoms with Crippen LogP contribution in [0.3, 0.4) is 0 Å². The molecule has 0 radical (unpaired) electrons. The highest BCUT2D eigenvalue weighted by Crippen LogP contribution is 2.13. The van der Waals surface area contributed by atoms with Crippen LogP contribution in [0.25, 0.3) is 0 Å². The van der Waals surface area contributed by atoms with Crippen molar-refractivity contribution in [3.8, 4) is 0 Å². The molecule has 122 valence electrons. The van der Waals surface area contributed by atoms with E-state index in [-0.39, 0.29) is 5.91 Å². The maximum Gasteiger partial charge on any atom is 0.255 e. The molecule has 2 aromatic heterocycles. The van der Waals surface area contributed by atoms with Crippen molar-refractivity contribution >= 4 is 5.91 Å². The second-order valence-corrected chi connectivity index (χ2v) is 5.92. The third-order valence-electron chi connectivity index (χ3n) is 4.28. The van der Waals surface area contributed by atoms with Gasteiger partial charge in [0.25, 0.3) is 5.91 Å². The minimum atomic E-state index is 0.0941. The number of amides is 1. The monoisotopic (exact) mass is 313 g/mol. The van der Waals surface area contributed by atoms with Gasteiger partial charge in [-0.25, -0.2) is 4.98 Å². The molecule has 0 spiro atoms. The van der Waals surface area contributed by atoms with Gasteiger partial charge >= 0.3 is 0 Å². The van der Waals surface area contributed by atoms with E-state index in [0.717, 1.165) is 45.4 Å². The molecule has 3 rings (SSSR count). The number of aryl methyl sites for hydroxylation is 1. The minimum absolute atomic E-state index is 0.0941. The second kappa shape index (κ2) is 7.87. The molecule has 6 heteroatoms. The fourth-order valence-corrected chi connectivity index (χ4v) is 2.95. The van der Waals surface area contributed by atoms with Crippen molar-refractivity contribution in [2.75, 3.05) is 19.6 Å². The van der Waals surface area contributed by atoms with E-state index in [0.29, 0.717) is 11.6 Å². The first-order valence-electron chi connectivity index (χ1n) is 8.21. The molecule has 1 N–H and O–H groups in total. The first kappa shape index (κ1) is 15.7. The molecule has 3 heterocycles. The van der Waals surface area contributed by atoms with Gasteiger partial charge in [0.05, 0.1) is 11.9 Å². The predicted octanol–water partition coefficient (Wildman–Crippen LogP) is 1.56. The van der Waals surface area contributed by atoms with Gasteiger partial charge in [0.1, 0.15) is 0 Å². The van der Waals surface area contributed by atoms with Crippen LogP contribution in [0.15, 0.2) is 43.2 Å². The van der Waals surface area contributed by atoms with Gasteiger partial charge in [-0.05, 0) is 37.9 Å². The lowest BCUT2D eigenvalue weighted by atomic mass is 10.0. The zero-order valence-corrected chi connectivity index (χ0v) is 13.3. The summed E-state index contributed by atoms with van der Waals surface area (Å²) in [7, 11) is 0. The zero-order valence-electron chi connectivity index (χ0n) is 13.3. The van der Waals surface area contributed by atoms with Crippen LogP contribution in [0.5, 0.6) is 0 Å². The van der Waals surface area contributed by atoms with E-state index in [9.17, 15) is 4.79 Å². The fraction of sp³-hybridized carbons (Fsp3) is 0.471. The fourth-order valence-electron chi connectivity index (χ4n) is 2.95. The van der Waals surface area contributed by atoms with Gasteiger partial charge in [0.2, 0.25) is 0 Å². The van der Waals surface area contributed by atoms with Crippen molar-refractivity contribution in [2.24, 2.45) is 0 Å². The lowest BCUT2D eigenvalue weighted by Gasteiger charge is -2.32. The number of rotatable bonds is 6. The van der Waals surface area contributed by atoms with E-state index in [1.54, 1.807) is 12.4 Å². The average Bonchev–Trinajstić information content (AvgIpc) is 3.13. The normalized spacial score (nSPS) is 15.7. The Morgan fingerprint density at radius 2 is 2.13 bits per heavy atom. The highest BCUT2D eigenvalue weighted by Gasteiger charge is 2.23. The van der Waals surface area contributed by atoms with Crippen LogP contribution in [0, 0.1) is 0 Å². The number of nitrogens with zero attached hydrogens (tertiary/aromatic N) is 4. The molecule has 0 atom stereocenters. The van der Waals surface area contributed by atoms with E-state index in [4.69, 9.17) is 0 Å². The Balaban J connectivity index is 1.36. The first-order valence-corrected chi connectivity index (χ1v) is 8.21. The van der Waals surface area contributed by atoms with Gasteiger partial charge in [-0.3, -0.25) is 9.78 Å². The quantitative estimate of drug-likeness (QED) is 0.822. The zero-order chi connectivity index (χ0) is 15.9. The number of carbonyl (C=O) groups excluding carboxylic acids is 1. The summed E-state index contributed by atoms with van der Waals surface area (Å²) in [5.41, 5.74) is 0.680. The molecule has 0 saturated carbocycles. The van der Waals surface area contributed by atoms with Gasteiger partial charge in [-0.15, -0.1) is 0 Å². The lowest BCUT2D eigenvalue weighted by Crippen LogP contribution is -2.45. The lowest BCUT2D eigenvalue weighted by molar-refractivity contribution is 0.0705. The number of hydrogen-bond donors (Lipinski definition) is 1. The number of piperidine rings is 1. The van der Waals surface area contributed by atoms with Crippen LogP contribution in [0.2, 0.25) is 0 Å². The number of pyridine rings is 1. The highest BCUT2D eigenvalue weighted by atomic mass is 16.2. The summed E-state index contributed by atoms with van der Waals surface area (Å²) in [4.78, 5) is 22.3. The van der Waals surface area contributed by atoms with Crippen molar-refractivity contribution in [1.82, 2.24) is 24.8 Å². The Bertz CT molecular complexity index is 591. The van der Waals surface area contributed by atoms with E-state index in [1.165, 1.54) is 0 Å². The van der Waals surface area contributed by atoms with Crippen molar-refractivity contribution in [2.45, 2.75) is 31.8 Å². The summed E-state index contributed by atoms with van der Waals surface area (Å²) in [6.45, 7) is 3.62. The van der Waals surface area contributed by atoms with Crippen LogP contribution in [-0.4, -0.2) is 51.0 Å². The summed E-state index contributed by atoms with van der Waals surface area (Å²) in [5.74, 6) is 0.0941. The molecule has 1 aliphatic heterocycles. The highest BCUT2D eigenvalue weighted by molar-refractivity contribution is 5.93. The first-order chi connectivity index (χ1) is 11.3. The summed E-state index contributed by atoms with van der Waals surface area (Å²) < 4.78 is 2.09. The number of likely N-dealkylation sites (tertiary alicyclic amines) is 1. The Kier molecular flexibility index (Phi) is 5.37. The van der Waals surface area contributed by atoms with E-state index in [2.05, 4.69) is 19.9 Å². The Morgan fingerprint density at radius 1 is 1.26 bits per heavy atom. The van der Waals surface area contributed by atoms with E-state index >= 15 is 0 Å². The molecular formula is C17H23N5O. The maximum atomic E-state index is 12.4. The smallest absolute Gasteiger partial charge is 0.255 e. The molecule has 2 aromatic rings. The van der Waals surface area contributed by atoms with Crippen molar-refractivity contribution < 1.29 is 4.79 Å². The summed E-state index contributed by atoms with van der Waals surface area (Å²) in [6, 6.07) is 4.15.